The molecular weight excluding hydrogens is 296 g/mol. The van der Waals surface area contributed by atoms with Gasteiger partial charge in [-0.1, -0.05) is 17.3 Å². The maximum atomic E-state index is 12.0. The Labute approximate surface area is 130 Å². The quantitative estimate of drug-likeness (QED) is 0.604. The lowest BCUT2D eigenvalue weighted by atomic mass is 10.1. The first-order valence-electron chi connectivity index (χ1n) is 7.02. The number of carbonyl (C=O) groups excluding carboxylic acids is 1. The Hall–Kier alpha value is -3.35. The van der Waals surface area contributed by atoms with E-state index in [9.17, 15) is 4.79 Å². The van der Waals surface area contributed by atoms with Crippen LogP contribution in [0.15, 0.2) is 57.8 Å². The molecular formula is C16H12N4O3. The van der Waals surface area contributed by atoms with E-state index in [-0.39, 0.29) is 12.4 Å². The van der Waals surface area contributed by atoms with Crippen LogP contribution in [0.4, 0.5) is 0 Å². The van der Waals surface area contributed by atoms with Gasteiger partial charge in [0, 0.05) is 22.7 Å². The van der Waals surface area contributed by atoms with Gasteiger partial charge in [0.25, 0.3) is 0 Å². The number of nitrogens with zero attached hydrogens (tertiary/aromatic N) is 2. The van der Waals surface area contributed by atoms with Gasteiger partial charge in [-0.3, -0.25) is 4.79 Å². The fourth-order valence-electron chi connectivity index (χ4n) is 2.36. The average Bonchev–Trinajstić information content (AvgIpc) is 3.32. The Morgan fingerprint density at radius 3 is 3.04 bits per heavy atom. The number of furan rings is 1. The van der Waals surface area contributed by atoms with Crippen LogP contribution in [-0.4, -0.2) is 21.0 Å². The van der Waals surface area contributed by atoms with E-state index >= 15 is 0 Å². The molecule has 1 aromatic carbocycles. The Morgan fingerprint density at radius 1 is 1.22 bits per heavy atom. The number of carbonyl (C=O) groups is 1. The summed E-state index contributed by atoms with van der Waals surface area (Å²) in [6, 6.07) is 11.2. The van der Waals surface area contributed by atoms with Crippen molar-refractivity contribution in [1.82, 2.24) is 20.4 Å². The van der Waals surface area contributed by atoms with Gasteiger partial charge in [-0.05, 0) is 24.3 Å². The monoisotopic (exact) mass is 308 g/mol. The molecule has 0 saturated carbocycles. The van der Waals surface area contributed by atoms with Gasteiger partial charge in [-0.25, -0.2) is 0 Å². The lowest BCUT2D eigenvalue weighted by molar-refractivity contribution is 0.0904. The molecule has 0 aliphatic carbocycles. The largest absolute Gasteiger partial charge is 0.467 e. The average molecular weight is 308 g/mol. The number of hydrogen-bond acceptors (Lipinski definition) is 5. The molecule has 4 aromatic rings. The van der Waals surface area contributed by atoms with Crippen LogP contribution in [0.1, 0.15) is 16.4 Å². The number of H-pyrrole nitrogens is 1. The number of benzene rings is 1. The van der Waals surface area contributed by atoms with Crippen LogP contribution < -0.4 is 5.32 Å². The number of rotatable bonds is 4. The highest BCUT2D eigenvalue weighted by Crippen LogP contribution is 2.25. The molecule has 23 heavy (non-hydrogen) atoms. The van der Waals surface area contributed by atoms with E-state index in [0.29, 0.717) is 11.6 Å². The smallest absolute Gasteiger partial charge is 0.316 e. The molecule has 0 bridgehead atoms. The van der Waals surface area contributed by atoms with Gasteiger partial charge in [-0.15, -0.1) is 0 Å². The standard InChI is InChI=1S/C16H12N4O3/c21-15(18-9-10-3-2-8-22-10)16-19-14(20-23-16)12-4-1-5-13-11(12)6-7-17-13/h1-8,17H,9H2,(H,18,21). The zero-order valence-electron chi connectivity index (χ0n) is 11.9. The second-order valence-corrected chi connectivity index (χ2v) is 4.93. The summed E-state index contributed by atoms with van der Waals surface area (Å²) in [5.41, 5.74) is 1.77. The molecule has 0 unspecified atom stereocenters. The van der Waals surface area contributed by atoms with Crippen molar-refractivity contribution in [3.63, 3.8) is 0 Å². The summed E-state index contributed by atoms with van der Waals surface area (Å²) in [6.07, 6.45) is 3.38. The van der Waals surface area contributed by atoms with E-state index in [1.54, 1.807) is 18.4 Å². The van der Waals surface area contributed by atoms with Crippen molar-refractivity contribution >= 4 is 16.8 Å². The van der Waals surface area contributed by atoms with E-state index in [2.05, 4.69) is 20.4 Å². The highest BCUT2D eigenvalue weighted by atomic mass is 16.5. The number of fused-ring (bicyclic) bond motifs is 1. The normalized spacial score (nSPS) is 11.0. The van der Waals surface area contributed by atoms with Crippen molar-refractivity contribution in [1.29, 1.82) is 0 Å². The predicted molar refractivity (Wildman–Crippen MR) is 81.5 cm³/mol. The van der Waals surface area contributed by atoms with Crippen molar-refractivity contribution < 1.29 is 13.7 Å². The number of aromatic amines is 1. The van der Waals surface area contributed by atoms with E-state index in [4.69, 9.17) is 8.94 Å². The SMILES string of the molecule is O=C(NCc1ccco1)c1nc(-c2cccc3[nH]ccc23)no1. The van der Waals surface area contributed by atoms with Crippen LogP contribution in [-0.2, 0) is 6.54 Å². The molecule has 0 spiro atoms. The second kappa shape index (κ2) is 5.45. The van der Waals surface area contributed by atoms with Gasteiger partial charge in [0.15, 0.2) is 0 Å². The van der Waals surface area contributed by atoms with Crippen LogP contribution >= 0.6 is 0 Å². The minimum atomic E-state index is -0.443. The molecule has 0 atom stereocenters. The molecule has 0 radical (unpaired) electrons. The molecule has 1 amide bonds. The molecule has 0 fully saturated rings. The van der Waals surface area contributed by atoms with Gasteiger partial charge >= 0.3 is 11.8 Å². The molecule has 4 rings (SSSR count). The molecule has 0 aliphatic heterocycles. The summed E-state index contributed by atoms with van der Waals surface area (Å²) in [4.78, 5) is 19.3. The molecule has 2 N–H and O–H groups in total. The number of hydrogen-bond donors (Lipinski definition) is 2. The van der Waals surface area contributed by atoms with Crippen molar-refractivity contribution in [3.8, 4) is 11.4 Å². The van der Waals surface area contributed by atoms with Gasteiger partial charge in [-0.2, -0.15) is 4.98 Å². The highest BCUT2D eigenvalue weighted by molar-refractivity contribution is 5.94. The van der Waals surface area contributed by atoms with E-state index < -0.39 is 5.91 Å². The van der Waals surface area contributed by atoms with E-state index in [0.717, 1.165) is 16.5 Å². The van der Waals surface area contributed by atoms with Gasteiger partial charge < -0.3 is 19.2 Å². The van der Waals surface area contributed by atoms with Crippen LogP contribution in [0.3, 0.4) is 0 Å². The Morgan fingerprint density at radius 2 is 2.17 bits per heavy atom. The minimum absolute atomic E-state index is 0.0842. The minimum Gasteiger partial charge on any atom is -0.467 e. The summed E-state index contributed by atoms with van der Waals surface area (Å²) in [5, 5.41) is 7.53. The number of amides is 1. The maximum Gasteiger partial charge on any atom is 0.316 e. The molecule has 3 aromatic heterocycles. The van der Waals surface area contributed by atoms with Gasteiger partial charge in [0.1, 0.15) is 5.76 Å². The topological polar surface area (TPSA) is 97.0 Å². The Kier molecular flexibility index (Phi) is 3.16. The molecule has 3 heterocycles. The van der Waals surface area contributed by atoms with Crippen LogP contribution in [0.25, 0.3) is 22.3 Å². The summed E-state index contributed by atoms with van der Waals surface area (Å²) < 4.78 is 10.2. The van der Waals surface area contributed by atoms with Crippen LogP contribution in [0.5, 0.6) is 0 Å². The second-order valence-electron chi connectivity index (χ2n) is 4.93. The first-order chi connectivity index (χ1) is 11.3. The van der Waals surface area contributed by atoms with E-state index in [1.165, 1.54) is 0 Å². The molecule has 114 valence electrons. The molecule has 7 heteroatoms. The fourth-order valence-corrected chi connectivity index (χ4v) is 2.36. The molecule has 7 nitrogen and oxygen atoms in total. The van der Waals surface area contributed by atoms with E-state index in [1.807, 2.05) is 30.5 Å². The summed E-state index contributed by atoms with van der Waals surface area (Å²) in [7, 11) is 0. The first-order valence-corrected chi connectivity index (χ1v) is 7.02. The molecule has 0 saturated heterocycles. The zero-order chi connectivity index (χ0) is 15.6. The summed E-state index contributed by atoms with van der Waals surface area (Å²) in [5.74, 6) is 0.494. The van der Waals surface area contributed by atoms with Crippen molar-refractivity contribution in [2.45, 2.75) is 6.54 Å². The van der Waals surface area contributed by atoms with Crippen LogP contribution in [0.2, 0.25) is 0 Å². The van der Waals surface area contributed by atoms with Crippen molar-refractivity contribution in [2.75, 3.05) is 0 Å². The Bertz CT molecular complexity index is 953. The third-order valence-corrected chi connectivity index (χ3v) is 3.46. The lowest BCUT2D eigenvalue weighted by Crippen LogP contribution is -2.22. The van der Waals surface area contributed by atoms with Gasteiger partial charge in [0.2, 0.25) is 5.82 Å². The zero-order valence-corrected chi connectivity index (χ0v) is 11.9. The predicted octanol–water partition coefficient (Wildman–Crippen LogP) is 2.74. The maximum absolute atomic E-state index is 12.0. The number of aromatic nitrogens is 3. The third-order valence-electron chi connectivity index (χ3n) is 3.46. The van der Waals surface area contributed by atoms with Crippen LogP contribution in [0, 0.1) is 0 Å². The molecule has 0 aliphatic rings. The van der Waals surface area contributed by atoms with Crippen molar-refractivity contribution in [2.24, 2.45) is 0 Å². The summed E-state index contributed by atoms with van der Waals surface area (Å²) in [6.45, 7) is 0.261. The fraction of sp³-hybridized carbons (Fsp3) is 0.0625. The number of nitrogens with one attached hydrogen (secondary N) is 2. The van der Waals surface area contributed by atoms with Gasteiger partial charge in [0.05, 0.1) is 12.8 Å². The summed E-state index contributed by atoms with van der Waals surface area (Å²) >= 11 is 0. The Balaban J connectivity index is 1.56. The highest BCUT2D eigenvalue weighted by Gasteiger charge is 2.17. The lowest BCUT2D eigenvalue weighted by Gasteiger charge is -1.98. The van der Waals surface area contributed by atoms with Crippen molar-refractivity contribution in [3.05, 3.63) is 60.5 Å². The third kappa shape index (κ3) is 2.48. The first kappa shape index (κ1) is 13.3.